The quantitative estimate of drug-likeness (QED) is 0.308. The molecule has 0 radical (unpaired) electrons. The molecule has 3 aromatic carbocycles. The molecule has 0 saturated heterocycles. The van der Waals surface area contributed by atoms with E-state index in [1.165, 1.54) is 11.1 Å². The predicted octanol–water partition coefficient (Wildman–Crippen LogP) is 5.79. The predicted molar refractivity (Wildman–Crippen MR) is 138 cm³/mol. The van der Waals surface area contributed by atoms with Gasteiger partial charge >= 0.3 is 0 Å². The zero-order valence-electron chi connectivity index (χ0n) is 20.3. The van der Waals surface area contributed by atoms with E-state index in [0.29, 0.717) is 25.1 Å². The number of aromatic nitrogens is 2. The Bertz CT molecular complexity index is 1280. The monoisotopic (exact) mass is 455 g/mol. The van der Waals surface area contributed by atoms with Crippen LogP contribution in [0, 0.1) is 20.8 Å². The van der Waals surface area contributed by atoms with Gasteiger partial charge in [-0.15, -0.1) is 0 Å². The van der Waals surface area contributed by atoms with Gasteiger partial charge < -0.3 is 14.6 Å². The minimum absolute atomic E-state index is 0.0463. The van der Waals surface area contributed by atoms with Crippen molar-refractivity contribution in [1.29, 1.82) is 0 Å². The summed E-state index contributed by atoms with van der Waals surface area (Å²) < 4.78 is 8.31. The molecule has 4 aromatic rings. The molecule has 0 fully saturated rings. The first-order valence-corrected chi connectivity index (χ1v) is 12.0. The highest BCUT2D eigenvalue weighted by Gasteiger charge is 2.11. The molecule has 0 spiro atoms. The van der Waals surface area contributed by atoms with Gasteiger partial charge in [-0.05, 0) is 75.1 Å². The number of carbonyl (C=O) groups excluding carboxylic acids is 1. The molecule has 0 atom stereocenters. The van der Waals surface area contributed by atoms with Gasteiger partial charge in [-0.25, -0.2) is 4.98 Å². The average Bonchev–Trinajstić information content (AvgIpc) is 3.18. The maximum absolute atomic E-state index is 12.5. The lowest BCUT2D eigenvalue weighted by atomic mass is 10.1. The molecular formula is C29H33N3O2. The SMILES string of the molecule is Cc1cccc(C(=O)NCCc2nc3ccccc3n2CCCCOc2cc(C)ccc2C)c1. The largest absolute Gasteiger partial charge is 0.493 e. The number of para-hydroxylation sites is 2. The van der Waals surface area contributed by atoms with E-state index in [-0.39, 0.29) is 5.91 Å². The maximum atomic E-state index is 12.5. The van der Waals surface area contributed by atoms with Crippen LogP contribution < -0.4 is 10.1 Å². The number of amides is 1. The fraction of sp³-hybridized carbons (Fsp3) is 0.310. The van der Waals surface area contributed by atoms with Crippen LogP contribution in [-0.2, 0) is 13.0 Å². The first kappa shape index (κ1) is 23.6. The fourth-order valence-corrected chi connectivity index (χ4v) is 4.16. The van der Waals surface area contributed by atoms with Crippen molar-refractivity contribution in [3.63, 3.8) is 0 Å². The van der Waals surface area contributed by atoms with Crippen LogP contribution in [0.1, 0.15) is 45.7 Å². The van der Waals surface area contributed by atoms with Gasteiger partial charge in [0.05, 0.1) is 17.6 Å². The summed E-state index contributed by atoms with van der Waals surface area (Å²) in [5.74, 6) is 1.93. The van der Waals surface area contributed by atoms with Crippen molar-refractivity contribution >= 4 is 16.9 Å². The number of fused-ring (bicyclic) bond motifs is 1. The number of carbonyl (C=O) groups is 1. The molecule has 0 bridgehead atoms. The molecule has 5 nitrogen and oxygen atoms in total. The third kappa shape index (κ3) is 5.84. The summed E-state index contributed by atoms with van der Waals surface area (Å²) in [4.78, 5) is 17.3. The lowest BCUT2D eigenvalue weighted by Gasteiger charge is -2.12. The van der Waals surface area contributed by atoms with Gasteiger partial charge in [-0.1, -0.05) is 42.0 Å². The molecule has 1 N–H and O–H groups in total. The van der Waals surface area contributed by atoms with Crippen molar-refractivity contribution in [2.75, 3.05) is 13.2 Å². The van der Waals surface area contributed by atoms with E-state index in [0.717, 1.165) is 47.6 Å². The third-order valence-corrected chi connectivity index (χ3v) is 6.03. The van der Waals surface area contributed by atoms with Crippen LogP contribution in [0.2, 0.25) is 0 Å². The minimum Gasteiger partial charge on any atom is -0.493 e. The number of rotatable bonds is 10. The second-order valence-corrected chi connectivity index (χ2v) is 8.87. The summed E-state index contributed by atoms with van der Waals surface area (Å²) in [5.41, 5.74) is 6.28. The van der Waals surface area contributed by atoms with Crippen LogP contribution in [0.25, 0.3) is 11.0 Å². The van der Waals surface area contributed by atoms with Crippen LogP contribution in [0.15, 0.2) is 66.7 Å². The number of hydrogen-bond donors (Lipinski definition) is 1. The second-order valence-electron chi connectivity index (χ2n) is 8.87. The normalized spacial score (nSPS) is 11.0. The Morgan fingerprint density at radius 1 is 0.941 bits per heavy atom. The van der Waals surface area contributed by atoms with Gasteiger partial charge in [-0.2, -0.15) is 0 Å². The molecule has 1 amide bonds. The first-order chi connectivity index (χ1) is 16.5. The summed E-state index contributed by atoms with van der Waals surface area (Å²) in [5, 5.41) is 3.04. The number of benzene rings is 3. The number of ether oxygens (including phenoxy) is 1. The highest BCUT2D eigenvalue weighted by molar-refractivity contribution is 5.94. The van der Waals surface area contributed by atoms with Crippen molar-refractivity contribution in [1.82, 2.24) is 14.9 Å². The minimum atomic E-state index is -0.0463. The molecule has 176 valence electrons. The summed E-state index contributed by atoms with van der Waals surface area (Å²) in [6.07, 6.45) is 2.64. The Labute approximate surface area is 201 Å². The Kier molecular flexibility index (Phi) is 7.63. The fourth-order valence-electron chi connectivity index (χ4n) is 4.16. The molecule has 4 rings (SSSR count). The van der Waals surface area contributed by atoms with E-state index in [4.69, 9.17) is 9.72 Å². The van der Waals surface area contributed by atoms with Crippen molar-refractivity contribution in [2.24, 2.45) is 0 Å². The number of nitrogens with one attached hydrogen (secondary N) is 1. The zero-order valence-corrected chi connectivity index (χ0v) is 20.3. The molecule has 0 aliphatic rings. The van der Waals surface area contributed by atoms with Crippen molar-refractivity contribution in [2.45, 2.75) is 46.6 Å². The lowest BCUT2D eigenvalue weighted by molar-refractivity contribution is 0.0954. The van der Waals surface area contributed by atoms with E-state index < -0.39 is 0 Å². The topological polar surface area (TPSA) is 56.2 Å². The number of hydrogen-bond acceptors (Lipinski definition) is 3. The molecule has 0 aliphatic carbocycles. The third-order valence-electron chi connectivity index (χ3n) is 6.03. The smallest absolute Gasteiger partial charge is 0.251 e. The maximum Gasteiger partial charge on any atom is 0.251 e. The highest BCUT2D eigenvalue weighted by Crippen LogP contribution is 2.20. The van der Waals surface area contributed by atoms with Gasteiger partial charge in [0.1, 0.15) is 11.6 Å². The average molecular weight is 456 g/mol. The summed E-state index contributed by atoms with van der Waals surface area (Å²) in [7, 11) is 0. The first-order valence-electron chi connectivity index (χ1n) is 12.0. The van der Waals surface area contributed by atoms with Gasteiger partial charge in [0.25, 0.3) is 5.91 Å². The molecule has 5 heteroatoms. The Morgan fingerprint density at radius 3 is 2.62 bits per heavy atom. The molecule has 34 heavy (non-hydrogen) atoms. The van der Waals surface area contributed by atoms with Crippen LogP contribution in [0.4, 0.5) is 0 Å². The molecule has 1 heterocycles. The van der Waals surface area contributed by atoms with E-state index in [1.807, 2.05) is 49.4 Å². The van der Waals surface area contributed by atoms with E-state index in [1.54, 1.807) is 0 Å². The summed E-state index contributed by atoms with van der Waals surface area (Å²) in [6.45, 7) is 8.27. The molecule has 0 aliphatic heterocycles. The molecule has 0 unspecified atom stereocenters. The van der Waals surface area contributed by atoms with Gasteiger partial charge in [-0.3, -0.25) is 4.79 Å². The van der Waals surface area contributed by atoms with E-state index in [2.05, 4.69) is 48.0 Å². The molecule has 1 aromatic heterocycles. The van der Waals surface area contributed by atoms with Gasteiger partial charge in [0, 0.05) is 25.1 Å². The van der Waals surface area contributed by atoms with Crippen LogP contribution in [0.5, 0.6) is 5.75 Å². The molecule has 0 saturated carbocycles. The lowest BCUT2D eigenvalue weighted by Crippen LogP contribution is -2.26. The standard InChI is InChI=1S/C29H33N3O2/c1-21-9-8-10-24(19-21)29(33)30-16-15-28-31-25-11-4-5-12-26(25)32(28)17-6-7-18-34-27-20-22(2)13-14-23(27)3/h4-5,8-14,19-20H,6-7,15-18H2,1-3H3,(H,30,33). The number of imidazole rings is 1. The number of aryl methyl sites for hydroxylation is 4. The Balaban J connectivity index is 1.34. The van der Waals surface area contributed by atoms with Crippen molar-refractivity contribution in [3.05, 3.63) is 94.8 Å². The Morgan fingerprint density at radius 2 is 1.76 bits per heavy atom. The highest BCUT2D eigenvalue weighted by atomic mass is 16.5. The van der Waals surface area contributed by atoms with Crippen LogP contribution in [0.3, 0.4) is 0 Å². The van der Waals surface area contributed by atoms with Crippen molar-refractivity contribution < 1.29 is 9.53 Å². The van der Waals surface area contributed by atoms with Gasteiger partial charge in [0.15, 0.2) is 0 Å². The number of unbranched alkanes of at least 4 members (excludes halogenated alkanes) is 1. The van der Waals surface area contributed by atoms with Crippen LogP contribution >= 0.6 is 0 Å². The van der Waals surface area contributed by atoms with Crippen molar-refractivity contribution in [3.8, 4) is 5.75 Å². The molecular weight excluding hydrogens is 422 g/mol. The summed E-state index contributed by atoms with van der Waals surface area (Å²) in [6, 6.07) is 22.2. The Hall–Kier alpha value is -3.60. The second kappa shape index (κ2) is 11.0. The number of nitrogens with zero attached hydrogens (tertiary/aromatic N) is 2. The van der Waals surface area contributed by atoms with Gasteiger partial charge in [0.2, 0.25) is 0 Å². The summed E-state index contributed by atoms with van der Waals surface area (Å²) >= 11 is 0. The van der Waals surface area contributed by atoms with Crippen LogP contribution in [-0.4, -0.2) is 28.6 Å². The van der Waals surface area contributed by atoms with E-state index in [9.17, 15) is 4.79 Å². The zero-order chi connectivity index (χ0) is 23.9. The van der Waals surface area contributed by atoms with E-state index >= 15 is 0 Å².